The lowest BCUT2D eigenvalue weighted by atomic mass is 10.1. The Kier molecular flexibility index (Phi) is 3.92. The first-order valence-electron chi connectivity index (χ1n) is 4.77. The fourth-order valence-corrected chi connectivity index (χ4v) is 1.42. The molecule has 0 unspecified atom stereocenters. The van der Waals surface area contributed by atoms with Crippen LogP contribution in [-0.2, 0) is 4.79 Å². The van der Waals surface area contributed by atoms with Crippen LogP contribution in [0, 0.1) is 0 Å². The molecule has 6 nitrogen and oxygen atoms in total. The van der Waals surface area contributed by atoms with Gasteiger partial charge in [0.05, 0.1) is 14.2 Å². The molecule has 0 aliphatic heterocycles. The molecule has 1 amide bonds. The minimum atomic E-state index is -1.20. The molecule has 0 atom stereocenters. The van der Waals surface area contributed by atoms with Gasteiger partial charge in [0.25, 0.3) is 0 Å². The first-order chi connectivity index (χ1) is 8.01. The summed E-state index contributed by atoms with van der Waals surface area (Å²) in [5, 5.41) is 11.5. The molecule has 2 N–H and O–H groups in total. The van der Waals surface area contributed by atoms with E-state index in [1.165, 1.54) is 33.3 Å². The van der Waals surface area contributed by atoms with Crippen LogP contribution in [-0.4, -0.2) is 31.2 Å². The van der Waals surface area contributed by atoms with Crippen molar-refractivity contribution in [2.24, 2.45) is 0 Å². The van der Waals surface area contributed by atoms with Crippen LogP contribution in [0.3, 0.4) is 0 Å². The summed E-state index contributed by atoms with van der Waals surface area (Å²) in [6.45, 7) is 1.28. The highest BCUT2D eigenvalue weighted by atomic mass is 16.5. The van der Waals surface area contributed by atoms with E-state index >= 15 is 0 Å². The van der Waals surface area contributed by atoms with Gasteiger partial charge < -0.3 is 19.9 Å². The first-order valence-corrected chi connectivity index (χ1v) is 4.77. The van der Waals surface area contributed by atoms with E-state index in [4.69, 9.17) is 14.6 Å². The van der Waals surface area contributed by atoms with Crippen LogP contribution < -0.4 is 14.8 Å². The molecule has 1 aromatic rings. The van der Waals surface area contributed by atoms with Crippen molar-refractivity contribution < 1.29 is 24.2 Å². The number of carbonyl (C=O) groups is 2. The highest BCUT2D eigenvalue weighted by Crippen LogP contribution is 2.35. The largest absolute Gasteiger partial charge is 0.496 e. The van der Waals surface area contributed by atoms with Gasteiger partial charge in [0, 0.05) is 6.92 Å². The van der Waals surface area contributed by atoms with E-state index in [9.17, 15) is 9.59 Å². The summed E-state index contributed by atoms with van der Waals surface area (Å²) >= 11 is 0. The van der Waals surface area contributed by atoms with Gasteiger partial charge in [-0.3, -0.25) is 4.79 Å². The Labute approximate surface area is 98.2 Å². The monoisotopic (exact) mass is 239 g/mol. The number of methoxy groups -OCH3 is 2. The molecule has 0 saturated carbocycles. The maximum absolute atomic E-state index is 11.2. The van der Waals surface area contributed by atoms with E-state index in [-0.39, 0.29) is 28.7 Å². The summed E-state index contributed by atoms with van der Waals surface area (Å²) in [6.07, 6.45) is 0. The zero-order valence-electron chi connectivity index (χ0n) is 9.73. The van der Waals surface area contributed by atoms with Crippen LogP contribution in [0.4, 0.5) is 5.69 Å². The highest BCUT2D eigenvalue weighted by Gasteiger charge is 2.21. The number of hydrogen-bond donors (Lipinski definition) is 2. The Morgan fingerprint density at radius 1 is 1.18 bits per heavy atom. The number of anilines is 1. The SMILES string of the molecule is COc1ccc(OC)c(C(=O)O)c1NC(C)=O. The number of amides is 1. The number of nitrogens with one attached hydrogen (secondary N) is 1. The Balaban J connectivity index is 3.46. The molecule has 0 spiro atoms. The van der Waals surface area contributed by atoms with E-state index in [1.54, 1.807) is 0 Å². The fourth-order valence-electron chi connectivity index (χ4n) is 1.42. The third-order valence-corrected chi connectivity index (χ3v) is 2.08. The van der Waals surface area contributed by atoms with E-state index in [1.807, 2.05) is 0 Å². The van der Waals surface area contributed by atoms with Crippen molar-refractivity contribution in [3.05, 3.63) is 17.7 Å². The van der Waals surface area contributed by atoms with E-state index in [2.05, 4.69) is 5.32 Å². The molecule has 0 heterocycles. The summed E-state index contributed by atoms with van der Waals surface area (Å²) in [4.78, 5) is 22.2. The maximum atomic E-state index is 11.2. The third kappa shape index (κ3) is 2.66. The molecule has 92 valence electrons. The average molecular weight is 239 g/mol. The van der Waals surface area contributed by atoms with Crippen molar-refractivity contribution in [2.45, 2.75) is 6.92 Å². The Hall–Kier alpha value is -2.24. The van der Waals surface area contributed by atoms with Gasteiger partial charge in [-0.05, 0) is 12.1 Å². The second-order valence-corrected chi connectivity index (χ2v) is 3.21. The zero-order valence-corrected chi connectivity index (χ0v) is 9.73. The number of carbonyl (C=O) groups excluding carboxylic acids is 1. The maximum Gasteiger partial charge on any atom is 0.341 e. The van der Waals surface area contributed by atoms with E-state index in [0.717, 1.165) is 0 Å². The van der Waals surface area contributed by atoms with Gasteiger partial charge in [0.2, 0.25) is 5.91 Å². The predicted octanol–water partition coefficient (Wildman–Crippen LogP) is 1.36. The third-order valence-electron chi connectivity index (χ3n) is 2.08. The standard InChI is InChI=1S/C11H13NO5/c1-6(13)12-10-8(17-3)5-4-7(16-2)9(10)11(14)15/h4-5H,1-3H3,(H,12,13)(H,14,15). The number of ether oxygens (including phenoxy) is 2. The Bertz CT molecular complexity index is 455. The average Bonchev–Trinajstić information content (AvgIpc) is 2.27. The van der Waals surface area contributed by atoms with Crippen LogP contribution in [0.25, 0.3) is 0 Å². The minimum absolute atomic E-state index is 0.0897. The molecule has 0 saturated heterocycles. The number of carboxylic acids is 1. The molecule has 0 bridgehead atoms. The lowest BCUT2D eigenvalue weighted by Gasteiger charge is -2.14. The summed E-state index contributed by atoms with van der Waals surface area (Å²) in [5.74, 6) is -1.18. The molecule has 0 aliphatic carbocycles. The van der Waals surface area contributed by atoms with E-state index < -0.39 is 5.97 Å². The number of benzene rings is 1. The molecule has 0 radical (unpaired) electrons. The molecular weight excluding hydrogens is 226 g/mol. The molecular formula is C11H13NO5. The van der Waals surface area contributed by atoms with Gasteiger partial charge in [-0.1, -0.05) is 0 Å². The second kappa shape index (κ2) is 5.20. The predicted molar refractivity (Wildman–Crippen MR) is 60.8 cm³/mol. The van der Waals surface area contributed by atoms with Gasteiger partial charge in [-0.25, -0.2) is 4.79 Å². The second-order valence-electron chi connectivity index (χ2n) is 3.21. The summed E-state index contributed by atoms with van der Waals surface area (Å²) in [5.41, 5.74) is -0.0473. The zero-order chi connectivity index (χ0) is 13.0. The van der Waals surface area contributed by atoms with Crippen molar-refractivity contribution in [3.63, 3.8) is 0 Å². The lowest BCUT2D eigenvalue weighted by Crippen LogP contribution is -2.13. The quantitative estimate of drug-likeness (QED) is 0.828. The van der Waals surface area contributed by atoms with Crippen molar-refractivity contribution in [1.82, 2.24) is 0 Å². The van der Waals surface area contributed by atoms with Gasteiger partial charge in [-0.15, -0.1) is 0 Å². The van der Waals surface area contributed by atoms with Gasteiger partial charge in [0.1, 0.15) is 22.7 Å². The molecule has 0 aromatic heterocycles. The molecule has 1 aromatic carbocycles. The van der Waals surface area contributed by atoms with Gasteiger partial charge in [-0.2, -0.15) is 0 Å². The Morgan fingerprint density at radius 2 is 1.71 bits per heavy atom. The highest BCUT2D eigenvalue weighted by molar-refractivity contribution is 6.04. The molecule has 17 heavy (non-hydrogen) atoms. The first kappa shape index (κ1) is 12.8. The van der Waals surface area contributed by atoms with Crippen molar-refractivity contribution in [2.75, 3.05) is 19.5 Å². The fraction of sp³-hybridized carbons (Fsp3) is 0.273. The van der Waals surface area contributed by atoms with Crippen LogP contribution in [0.15, 0.2) is 12.1 Å². The van der Waals surface area contributed by atoms with Gasteiger partial charge in [0.15, 0.2) is 0 Å². The van der Waals surface area contributed by atoms with Crippen molar-refractivity contribution >= 4 is 17.6 Å². The smallest absolute Gasteiger partial charge is 0.341 e. The number of aromatic carboxylic acids is 1. The minimum Gasteiger partial charge on any atom is -0.496 e. The molecule has 6 heteroatoms. The lowest BCUT2D eigenvalue weighted by molar-refractivity contribution is -0.114. The van der Waals surface area contributed by atoms with Crippen molar-refractivity contribution in [3.8, 4) is 11.5 Å². The number of hydrogen-bond acceptors (Lipinski definition) is 4. The summed E-state index contributed by atoms with van der Waals surface area (Å²) < 4.78 is 9.94. The Morgan fingerprint density at radius 3 is 2.12 bits per heavy atom. The molecule has 1 rings (SSSR count). The van der Waals surface area contributed by atoms with E-state index in [0.29, 0.717) is 0 Å². The van der Waals surface area contributed by atoms with Crippen LogP contribution in [0.2, 0.25) is 0 Å². The number of rotatable bonds is 4. The van der Waals surface area contributed by atoms with Crippen LogP contribution in [0.5, 0.6) is 11.5 Å². The van der Waals surface area contributed by atoms with Crippen molar-refractivity contribution in [1.29, 1.82) is 0 Å². The molecule has 0 aliphatic rings. The van der Waals surface area contributed by atoms with Crippen LogP contribution >= 0.6 is 0 Å². The normalized spacial score (nSPS) is 9.59. The summed E-state index contributed by atoms with van der Waals surface area (Å²) in [7, 11) is 2.74. The number of carboxylic acid groups (broad SMARTS) is 1. The topological polar surface area (TPSA) is 84.9 Å². The van der Waals surface area contributed by atoms with Gasteiger partial charge >= 0.3 is 5.97 Å². The van der Waals surface area contributed by atoms with Crippen LogP contribution in [0.1, 0.15) is 17.3 Å². The summed E-state index contributed by atoms with van der Waals surface area (Å²) in [6, 6.07) is 2.99. The molecule has 0 fully saturated rings.